The third-order valence-electron chi connectivity index (χ3n) is 0.322. The van der Waals surface area contributed by atoms with Crippen LogP contribution in [-0.4, -0.2) is 16.6 Å². The molecular weight excluding hydrogens is 146 g/mol. The van der Waals surface area contributed by atoms with Crippen LogP contribution in [0.4, 0.5) is 13.2 Å². The standard InChI is InChI=1S/C2HClF3NO/c3-1(7-8)2(4,5)6/h8H/b7-1-. The molecule has 0 bridgehead atoms. The Hall–Kier alpha value is -0.450. The molecule has 0 aliphatic carbocycles. The minimum absolute atomic E-state index is 1.72. The Kier molecular flexibility index (Phi) is 2.09. The van der Waals surface area contributed by atoms with Gasteiger partial charge in [-0.3, -0.25) is 0 Å². The van der Waals surface area contributed by atoms with Crippen molar-refractivity contribution in [3.63, 3.8) is 0 Å². The fraction of sp³-hybridized carbons (Fsp3) is 0.500. The van der Waals surface area contributed by atoms with E-state index >= 15 is 0 Å². The number of hydrogen-bond acceptors (Lipinski definition) is 2. The van der Waals surface area contributed by atoms with E-state index in [-0.39, 0.29) is 0 Å². The molecule has 0 saturated heterocycles. The number of rotatable bonds is 0. The van der Waals surface area contributed by atoms with Gasteiger partial charge < -0.3 is 5.21 Å². The molecule has 0 fully saturated rings. The van der Waals surface area contributed by atoms with Gasteiger partial charge in [0.2, 0.25) is 5.17 Å². The summed E-state index contributed by atoms with van der Waals surface area (Å²) in [6, 6.07) is 0. The number of alkyl halides is 3. The Bertz CT molecular complexity index is 108. The highest BCUT2D eigenvalue weighted by atomic mass is 35.5. The SMILES string of the molecule is O/N=C(\Cl)C(F)(F)F. The maximum Gasteiger partial charge on any atom is 0.447 e. The normalized spacial score (nSPS) is 14.2. The number of oxime groups is 1. The van der Waals surface area contributed by atoms with E-state index in [2.05, 4.69) is 11.6 Å². The van der Waals surface area contributed by atoms with Crippen LogP contribution < -0.4 is 0 Å². The van der Waals surface area contributed by atoms with Crippen molar-refractivity contribution in [1.29, 1.82) is 0 Å². The Balaban J connectivity index is 4.03. The molecule has 48 valence electrons. The lowest BCUT2D eigenvalue weighted by Gasteiger charge is -1.97. The molecule has 1 N–H and O–H groups in total. The van der Waals surface area contributed by atoms with Crippen LogP contribution in [0.15, 0.2) is 5.16 Å². The predicted molar refractivity (Wildman–Crippen MR) is 21.1 cm³/mol. The molecule has 0 rings (SSSR count). The third-order valence-corrected chi connectivity index (χ3v) is 0.612. The van der Waals surface area contributed by atoms with E-state index in [9.17, 15) is 13.2 Å². The molecule has 0 atom stereocenters. The summed E-state index contributed by atoms with van der Waals surface area (Å²) in [5, 5.41) is 7.36. The Morgan fingerprint density at radius 1 is 1.50 bits per heavy atom. The van der Waals surface area contributed by atoms with Gasteiger partial charge in [0, 0.05) is 0 Å². The van der Waals surface area contributed by atoms with Crippen molar-refractivity contribution in [2.75, 3.05) is 0 Å². The van der Waals surface area contributed by atoms with Crippen LogP contribution in [0.3, 0.4) is 0 Å². The summed E-state index contributed by atoms with van der Waals surface area (Å²) in [6.07, 6.45) is -4.73. The van der Waals surface area contributed by atoms with Gasteiger partial charge in [-0.1, -0.05) is 16.8 Å². The van der Waals surface area contributed by atoms with Crippen LogP contribution in [0.5, 0.6) is 0 Å². The topological polar surface area (TPSA) is 32.6 Å². The summed E-state index contributed by atoms with van der Waals surface area (Å²) in [6.45, 7) is 0. The smallest absolute Gasteiger partial charge is 0.410 e. The maximum absolute atomic E-state index is 11.0. The van der Waals surface area contributed by atoms with Crippen molar-refractivity contribution in [3.05, 3.63) is 0 Å². The first kappa shape index (κ1) is 7.55. The molecule has 8 heavy (non-hydrogen) atoms. The molecule has 0 radical (unpaired) electrons. The zero-order chi connectivity index (χ0) is 6.78. The third kappa shape index (κ3) is 2.02. The van der Waals surface area contributed by atoms with Crippen molar-refractivity contribution in [2.45, 2.75) is 6.18 Å². The van der Waals surface area contributed by atoms with Crippen molar-refractivity contribution >= 4 is 16.8 Å². The van der Waals surface area contributed by atoms with Gasteiger partial charge in [-0.05, 0) is 0 Å². The van der Waals surface area contributed by atoms with Gasteiger partial charge in [-0.15, -0.1) is 0 Å². The predicted octanol–water partition coefficient (Wildman–Crippen LogP) is 1.58. The Labute approximate surface area is 47.5 Å². The molecule has 0 aromatic rings. The van der Waals surface area contributed by atoms with E-state index in [1.165, 1.54) is 0 Å². The second-order valence-corrected chi connectivity index (χ2v) is 1.25. The Morgan fingerprint density at radius 2 is 1.88 bits per heavy atom. The quantitative estimate of drug-likeness (QED) is 0.315. The monoisotopic (exact) mass is 147 g/mol. The van der Waals surface area contributed by atoms with Crippen LogP contribution >= 0.6 is 11.6 Å². The minimum atomic E-state index is -4.73. The maximum atomic E-state index is 11.0. The highest BCUT2D eigenvalue weighted by Crippen LogP contribution is 2.18. The average molecular weight is 147 g/mol. The number of hydrogen-bond donors (Lipinski definition) is 1. The first-order chi connectivity index (χ1) is 3.48. The first-order valence-corrected chi connectivity index (χ1v) is 1.81. The summed E-state index contributed by atoms with van der Waals surface area (Å²) < 4.78 is 33.1. The molecule has 6 heteroatoms. The zero-order valence-corrected chi connectivity index (χ0v) is 4.16. The van der Waals surface area contributed by atoms with Crippen molar-refractivity contribution in [2.24, 2.45) is 5.16 Å². The highest BCUT2D eigenvalue weighted by Gasteiger charge is 2.35. The highest BCUT2D eigenvalue weighted by molar-refractivity contribution is 6.66. The van der Waals surface area contributed by atoms with Gasteiger partial charge in [-0.25, -0.2) is 0 Å². The molecule has 0 amide bonds. The largest absolute Gasteiger partial charge is 0.447 e. The van der Waals surface area contributed by atoms with Crippen molar-refractivity contribution in [3.8, 4) is 0 Å². The van der Waals surface area contributed by atoms with E-state index in [1.807, 2.05) is 0 Å². The molecule has 0 aliphatic heterocycles. The molecule has 0 spiro atoms. The van der Waals surface area contributed by atoms with Gasteiger partial charge in [0.1, 0.15) is 0 Å². The summed E-state index contributed by atoms with van der Waals surface area (Å²) in [5.41, 5.74) is 0. The van der Waals surface area contributed by atoms with Crippen LogP contribution in [0, 0.1) is 0 Å². The van der Waals surface area contributed by atoms with E-state index in [4.69, 9.17) is 5.21 Å². The average Bonchev–Trinajstić information content (AvgIpc) is 1.62. The van der Waals surface area contributed by atoms with E-state index in [0.29, 0.717) is 0 Å². The van der Waals surface area contributed by atoms with Crippen molar-refractivity contribution in [1.82, 2.24) is 0 Å². The molecule has 0 heterocycles. The lowest BCUT2D eigenvalue weighted by atomic mass is 10.7. The molecule has 0 aliphatic rings. The van der Waals surface area contributed by atoms with Crippen LogP contribution in [0.25, 0.3) is 0 Å². The van der Waals surface area contributed by atoms with Crippen molar-refractivity contribution < 1.29 is 18.4 Å². The van der Waals surface area contributed by atoms with Gasteiger partial charge in [0.25, 0.3) is 0 Å². The molecule has 0 aromatic heterocycles. The molecule has 0 unspecified atom stereocenters. The molecular formula is C2HClF3NO. The van der Waals surface area contributed by atoms with Crippen LogP contribution in [0.1, 0.15) is 0 Å². The second-order valence-electron chi connectivity index (χ2n) is 0.889. The fourth-order valence-electron chi connectivity index (χ4n) is 0.0567. The number of nitrogens with zero attached hydrogens (tertiary/aromatic N) is 1. The van der Waals surface area contributed by atoms with E-state index in [0.717, 1.165) is 0 Å². The van der Waals surface area contributed by atoms with E-state index < -0.39 is 11.3 Å². The van der Waals surface area contributed by atoms with Gasteiger partial charge in [0.15, 0.2) is 0 Å². The zero-order valence-electron chi connectivity index (χ0n) is 3.41. The van der Waals surface area contributed by atoms with Crippen LogP contribution in [-0.2, 0) is 0 Å². The lowest BCUT2D eigenvalue weighted by molar-refractivity contribution is -0.0578. The van der Waals surface area contributed by atoms with Gasteiger partial charge in [0.05, 0.1) is 0 Å². The van der Waals surface area contributed by atoms with Gasteiger partial charge in [-0.2, -0.15) is 13.2 Å². The minimum Gasteiger partial charge on any atom is -0.410 e. The van der Waals surface area contributed by atoms with Gasteiger partial charge >= 0.3 is 6.18 Å². The van der Waals surface area contributed by atoms with E-state index in [1.54, 1.807) is 5.16 Å². The summed E-state index contributed by atoms with van der Waals surface area (Å²) >= 11 is 4.32. The number of halogens is 4. The second kappa shape index (κ2) is 2.21. The Morgan fingerprint density at radius 3 is 1.88 bits per heavy atom. The summed E-state index contributed by atoms with van der Waals surface area (Å²) in [5.74, 6) is 0. The lowest BCUT2D eigenvalue weighted by Crippen LogP contribution is -2.16. The molecule has 0 aromatic carbocycles. The summed E-state index contributed by atoms with van der Waals surface area (Å²) in [7, 11) is 0. The molecule has 0 saturated carbocycles. The molecule has 2 nitrogen and oxygen atoms in total. The van der Waals surface area contributed by atoms with Crippen LogP contribution in [0.2, 0.25) is 0 Å². The fourth-order valence-corrected chi connectivity index (χ4v) is 0.0567. The summed E-state index contributed by atoms with van der Waals surface area (Å²) in [4.78, 5) is 0. The first-order valence-electron chi connectivity index (χ1n) is 1.43.